The van der Waals surface area contributed by atoms with Gasteiger partial charge in [0.1, 0.15) is 0 Å². The van der Waals surface area contributed by atoms with Crippen LogP contribution in [0.25, 0.3) is 0 Å². The second kappa shape index (κ2) is 4.97. The second-order valence-electron chi connectivity index (χ2n) is 5.87. The topological polar surface area (TPSA) is 32.3 Å². The van der Waals surface area contributed by atoms with Gasteiger partial charge in [-0.05, 0) is 30.8 Å². The molecular formula is C12H24N2O. The fraction of sp³-hybridized carbons (Fsp3) is 0.917. The molecule has 1 atom stereocenters. The third-order valence-electron chi connectivity index (χ3n) is 2.76. The lowest BCUT2D eigenvalue weighted by atomic mass is 9.95. The molecular weight excluding hydrogens is 188 g/mol. The minimum atomic E-state index is 0.193. The first-order valence-electron chi connectivity index (χ1n) is 5.83. The summed E-state index contributed by atoms with van der Waals surface area (Å²) in [5, 5.41) is 3.29. The Labute approximate surface area is 93.2 Å². The van der Waals surface area contributed by atoms with Gasteiger partial charge >= 0.3 is 0 Å². The summed E-state index contributed by atoms with van der Waals surface area (Å²) in [4.78, 5) is 13.7. The summed E-state index contributed by atoms with van der Waals surface area (Å²) in [6.07, 6.45) is 1.86. The van der Waals surface area contributed by atoms with E-state index < -0.39 is 0 Å². The Kier molecular flexibility index (Phi) is 4.14. The number of hydrogen-bond donors (Lipinski definition) is 1. The predicted molar refractivity (Wildman–Crippen MR) is 62.7 cm³/mol. The summed E-state index contributed by atoms with van der Waals surface area (Å²) in [5.41, 5.74) is 0.193. The van der Waals surface area contributed by atoms with Crippen molar-refractivity contribution in [3.05, 3.63) is 0 Å². The van der Waals surface area contributed by atoms with Crippen LogP contribution in [0.2, 0.25) is 0 Å². The van der Waals surface area contributed by atoms with Crippen molar-refractivity contribution in [2.75, 3.05) is 26.7 Å². The molecule has 0 radical (unpaired) electrons. The molecule has 0 saturated carbocycles. The van der Waals surface area contributed by atoms with Crippen LogP contribution in [0, 0.1) is 11.3 Å². The van der Waals surface area contributed by atoms with Crippen LogP contribution < -0.4 is 5.32 Å². The fourth-order valence-electron chi connectivity index (χ4n) is 2.09. The fourth-order valence-corrected chi connectivity index (χ4v) is 2.09. The Balaban J connectivity index is 2.32. The van der Waals surface area contributed by atoms with E-state index in [1.54, 1.807) is 0 Å². The first-order chi connectivity index (χ1) is 6.88. The van der Waals surface area contributed by atoms with Crippen molar-refractivity contribution in [3.63, 3.8) is 0 Å². The zero-order valence-corrected chi connectivity index (χ0v) is 10.5. The van der Waals surface area contributed by atoms with Crippen LogP contribution in [-0.4, -0.2) is 37.5 Å². The maximum atomic E-state index is 11.9. The van der Waals surface area contributed by atoms with Gasteiger partial charge in [0, 0.05) is 20.0 Å². The molecule has 1 fully saturated rings. The van der Waals surface area contributed by atoms with Crippen LogP contribution in [0.4, 0.5) is 0 Å². The summed E-state index contributed by atoms with van der Waals surface area (Å²) >= 11 is 0. The predicted octanol–water partition coefficient (Wildman–Crippen LogP) is 1.49. The van der Waals surface area contributed by atoms with Gasteiger partial charge < -0.3 is 10.2 Å². The molecule has 0 aromatic heterocycles. The zero-order valence-electron chi connectivity index (χ0n) is 10.5. The number of carbonyl (C=O) groups is 1. The smallest absolute Gasteiger partial charge is 0.222 e. The second-order valence-corrected chi connectivity index (χ2v) is 5.87. The highest BCUT2D eigenvalue weighted by atomic mass is 16.2. The molecule has 0 aromatic carbocycles. The summed E-state index contributed by atoms with van der Waals surface area (Å²) in [6, 6.07) is 0. The van der Waals surface area contributed by atoms with Crippen molar-refractivity contribution < 1.29 is 4.79 Å². The number of amides is 1. The monoisotopic (exact) mass is 212 g/mol. The zero-order chi connectivity index (χ0) is 11.5. The number of nitrogens with one attached hydrogen (secondary N) is 1. The lowest BCUT2D eigenvalue weighted by Gasteiger charge is -2.27. The van der Waals surface area contributed by atoms with Crippen molar-refractivity contribution >= 4 is 5.91 Å². The van der Waals surface area contributed by atoms with E-state index in [0.29, 0.717) is 18.2 Å². The lowest BCUT2D eigenvalue weighted by molar-refractivity contribution is -0.131. The Hall–Kier alpha value is -0.570. The molecule has 15 heavy (non-hydrogen) atoms. The van der Waals surface area contributed by atoms with Gasteiger partial charge in [-0.25, -0.2) is 0 Å². The molecule has 0 aromatic rings. The van der Waals surface area contributed by atoms with Gasteiger partial charge in [-0.1, -0.05) is 20.8 Å². The Morgan fingerprint density at radius 3 is 2.60 bits per heavy atom. The number of carbonyl (C=O) groups excluding carboxylic acids is 1. The highest BCUT2D eigenvalue weighted by molar-refractivity contribution is 5.76. The van der Waals surface area contributed by atoms with E-state index >= 15 is 0 Å². The average Bonchev–Trinajstić information content (AvgIpc) is 2.53. The lowest BCUT2D eigenvalue weighted by Crippen LogP contribution is -2.35. The third-order valence-corrected chi connectivity index (χ3v) is 2.76. The van der Waals surface area contributed by atoms with Crippen LogP contribution in [0.15, 0.2) is 0 Å². The van der Waals surface area contributed by atoms with Gasteiger partial charge in [0.2, 0.25) is 5.91 Å². The van der Waals surface area contributed by atoms with Crippen LogP contribution >= 0.6 is 0 Å². The molecule has 3 heteroatoms. The quantitative estimate of drug-likeness (QED) is 0.768. The number of rotatable bonds is 3. The van der Waals surface area contributed by atoms with Crippen LogP contribution in [-0.2, 0) is 4.79 Å². The molecule has 1 heterocycles. The van der Waals surface area contributed by atoms with Gasteiger partial charge in [-0.3, -0.25) is 4.79 Å². The standard InChI is InChI=1S/C12H24N2O/c1-12(2,3)9-14(4)11(15)7-10-5-6-13-8-10/h10,13H,5-9H2,1-4H3. The molecule has 0 spiro atoms. The van der Waals surface area contributed by atoms with Gasteiger partial charge in [-0.2, -0.15) is 0 Å². The molecule has 0 bridgehead atoms. The van der Waals surface area contributed by atoms with E-state index in [-0.39, 0.29) is 5.41 Å². The largest absolute Gasteiger partial charge is 0.345 e. The maximum Gasteiger partial charge on any atom is 0.222 e. The highest BCUT2D eigenvalue weighted by Crippen LogP contribution is 2.17. The van der Waals surface area contributed by atoms with Crippen molar-refractivity contribution in [1.82, 2.24) is 10.2 Å². The number of nitrogens with zero attached hydrogens (tertiary/aromatic N) is 1. The first-order valence-corrected chi connectivity index (χ1v) is 5.83. The highest BCUT2D eigenvalue weighted by Gasteiger charge is 2.22. The van der Waals surface area contributed by atoms with Gasteiger partial charge in [0.25, 0.3) is 0 Å². The van der Waals surface area contributed by atoms with E-state index in [1.165, 1.54) is 0 Å². The van der Waals surface area contributed by atoms with E-state index in [9.17, 15) is 4.79 Å². The van der Waals surface area contributed by atoms with Crippen LogP contribution in [0.1, 0.15) is 33.6 Å². The van der Waals surface area contributed by atoms with E-state index in [1.807, 2.05) is 11.9 Å². The van der Waals surface area contributed by atoms with Gasteiger partial charge in [-0.15, -0.1) is 0 Å². The Morgan fingerprint density at radius 1 is 1.47 bits per heavy atom. The van der Waals surface area contributed by atoms with Crippen molar-refractivity contribution in [2.45, 2.75) is 33.6 Å². The van der Waals surface area contributed by atoms with Gasteiger partial charge in [0.15, 0.2) is 0 Å². The Bertz CT molecular complexity index is 214. The molecule has 3 nitrogen and oxygen atoms in total. The summed E-state index contributed by atoms with van der Waals surface area (Å²) in [5.74, 6) is 0.846. The van der Waals surface area contributed by atoms with E-state index in [0.717, 1.165) is 26.1 Å². The summed E-state index contributed by atoms with van der Waals surface area (Å²) in [7, 11) is 1.91. The van der Waals surface area contributed by atoms with Gasteiger partial charge in [0.05, 0.1) is 0 Å². The minimum absolute atomic E-state index is 0.193. The van der Waals surface area contributed by atoms with E-state index in [2.05, 4.69) is 26.1 Å². The molecule has 1 aliphatic heterocycles. The maximum absolute atomic E-state index is 11.9. The van der Waals surface area contributed by atoms with Crippen molar-refractivity contribution in [3.8, 4) is 0 Å². The molecule has 1 unspecified atom stereocenters. The molecule has 1 N–H and O–H groups in total. The average molecular weight is 212 g/mol. The molecule has 0 aliphatic carbocycles. The minimum Gasteiger partial charge on any atom is -0.345 e. The third kappa shape index (κ3) is 4.65. The molecule has 1 rings (SSSR count). The van der Waals surface area contributed by atoms with Crippen LogP contribution in [0.3, 0.4) is 0 Å². The normalized spacial score (nSPS) is 21.7. The molecule has 1 saturated heterocycles. The van der Waals surface area contributed by atoms with E-state index in [4.69, 9.17) is 0 Å². The first kappa shape index (κ1) is 12.5. The van der Waals surface area contributed by atoms with Crippen molar-refractivity contribution in [2.24, 2.45) is 11.3 Å². The van der Waals surface area contributed by atoms with Crippen LogP contribution in [0.5, 0.6) is 0 Å². The number of hydrogen-bond acceptors (Lipinski definition) is 2. The molecule has 88 valence electrons. The van der Waals surface area contributed by atoms with Crippen molar-refractivity contribution in [1.29, 1.82) is 0 Å². The summed E-state index contributed by atoms with van der Waals surface area (Å²) < 4.78 is 0. The Morgan fingerprint density at radius 2 is 2.13 bits per heavy atom. The molecule has 1 aliphatic rings. The SMILES string of the molecule is CN(CC(C)(C)C)C(=O)CC1CCNC1. The molecule has 1 amide bonds. The summed E-state index contributed by atoms with van der Waals surface area (Å²) in [6.45, 7) is 9.40.